The molecule has 0 spiro atoms. The molecule has 22 heavy (non-hydrogen) atoms. The molecule has 1 aromatic carbocycles. The second-order valence-electron chi connectivity index (χ2n) is 4.98. The average molecular weight is 332 g/mol. The predicted molar refractivity (Wildman–Crippen MR) is 86.5 cm³/mol. The van der Waals surface area contributed by atoms with Gasteiger partial charge in [-0.05, 0) is 44.0 Å². The van der Waals surface area contributed by atoms with Crippen molar-refractivity contribution >= 4 is 24.2 Å². The number of benzene rings is 1. The zero-order valence-corrected chi connectivity index (χ0v) is 13.4. The van der Waals surface area contributed by atoms with E-state index in [1.165, 1.54) is 24.3 Å². The maximum atomic E-state index is 12.7. The highest BCUT2D eigenvalue weighted by molar-refractivity contribution is 5.94. The van der Waals surface area contributed by atoms with Crippen molar-refractivity contribution in [1.29, 1.82) is 0 Å². The molecule has 1 aromatic rings. The standard InChI is InChI=1S/C15H22FN3O2.ClH/c1-11(17)8-10-18-14(20)3-2-9-19-15(21)12-4-6-13(16)7-5-12;/h4-7,11H,2-3,8-10,17H2,1H3,(H,18,20)(H,19,21);1H. The number of hydrogen-bond acceptors (Lipinski definition) is 3. The summed E-state index contributed by atoms with van der Waals surface area (Å²) < 4.78 is 12.7. The Hall–Kier alpha value is -1.66. The van der Waals surface area contributed by atoms with Gasteiger partial charge in [-0.2, -0.15) is 0 Å². The molecule has 0 saturated carbocycles. The normalized spacial score (nSPS) is 11.2. The zero-order valence-electron chi connectivity index (χ0n) is 12.6. The minimum atomic E-state index is -0.380. The molecule has 1 unspecified atom stereocenters. The maximum absolute atomic E-state index is 12.7. The molecule has 124 valence electrons. The first-order valence-corrected chi connectivity index (χ1v) is 7.05. The van der Waals surface area contributed by atoms with E-state index in [-0.39, 0.29) is 36.1 Å². The number of nitrogens with two attached hydrogens (primary N) is 1. The van der Waals surface area contributed by atoms with Crippen LogP contribution in [0.4, 0.5) is 4.39 Å². The predicted octanol–water partition coefficient (Wildman–Crippen LogP) is 1.61. The number of carbonyl (C=O) groups is 2. The van der Waals surface area contributed by atoms with E-state index >= 15 is 0 Å². The minimum absolute atomic E-state index is 0. The van der Waals surface area contributed by atoms with Crippen LogP contribution >= 0.6 is 12.4 Å². The number of amides is 2. The molecule has 0 heterocycles. The molecule has 7 heteroatoms. The Labute approximate surface area is 136 Å². The Morgan fingerprint density at radius 2 is 1.82 bits per heavy atom. The van der Waals surface area contributed by atoms with Crippen LogP contribution in [0.3, 0.4) is 0 Å². The molecule has 0 aromatic heterocycles. The van der Waals surface area contributed by atoms with Gasteiger partial charge >= 0.3 is 0 Å². The highest BCUT2D eigenvalue weighted by Crippen LogP contribution is 2.02. The third kappa shape index (κ3) is 8.59. The second-order valence-corrected chi connectivity index (χ2v) is 4.98. The second kappa shape index (κ2) is 11.0. The first-order chi connectivity index (χ1) is 9.99. The smallest absolute Gasteiger partial charge is 0.251 e. The van der Waals surface area contributed by atoms with Crippen molar-refractivity contribution in [2.75, 3.05) is 13.1 Å². The van der Waals surface area contributed by atoms with Gasteiger partial charge in [-0.15, -0.1) is 12.4 Å². The fourth-order valence-electron chi connectivity index (χ4n) is 1.68. The third-order valence-corrected chi connectivity index (χ3v) is 2.89. The average Bonchev–Trinajstić information content (AvgIpc) is 2.43. The zero-order chi connectivity index (χ0) is 15.7. The van der Waals surface area contributed by atoms with Gasteiger partial charge in [0.1, 0.15) is 5.82 Å². The lowest BCUT2D eigenvalue weighted by atomic mass is 10.2. The van der Waals surface area contributed by atoms with Crippen molar-refractivity contribution in [2.24, 2.45) is 5.73 Å². The van der Waals surface area contributed by atoms with E-state index in [0.29, 0.717) is 31.5 Å². The Bertz CT molecular complexity index is 466. The molecule has 0 aliphatic carbocycles. The van der Waals surface area contributed by atoms with Gasteiger partial charge in [-0.1, -0.05) is 0 Å². The lowest BCUT2D eigenvalue weighted by molar-refractivity contribution is -0.121. The molecule has 0 saturated heterocycles. The van der Waals surface area contributed by atoms with E-state index in [9.17, 15) is 14.0 Å². The van der Waals surface area contributed by atoms with Gasteiger partial charge in [0.05, 0.1) is 0 Å². The number of halogens is 2. The highest BCUT2D eigenvalue weighted by Gasteiger charge is 2.06. The fraction of sp³-hybridized carbons (Fsp3) is 0.467. The van der Waals surface area contributed by atoms with Crippen molar-refractivity contribution in [1.82, 2.24) is 10.6 Å². The number of hydrogen-bond donors (Lipinski definition) is 3. The summed E-state index contributed by atoms with van der Waals surface area (Å²) in [6.45, 7) is 2.85. The van der Waals surface area contributed by atoms with Gasteiger partial charge in [-0.25, -0.2) is 4.39 Å². The van der Waals surface area contributed by atoms with Crippen LogP contribution in [0.25, 0.3) is 0 Å². The Morgan fingerprint density at radius 3 is 2.41 bits per heavy atom. The molecule has 1 atom stereocenters. The summed E-state index contributed by atoms with van der Waals surface area (Å²) in [5.74, 6) is -0.700. The van der Waals surface area contributed by atoms with Crippen molar-refractivity contribution in [2.45, 2.75) is 32.2 Å². The summed E-state index contributed by atoms with van der Waals surface area (Å²) >= 11 is 0. The van der Waals surface area contributed by atoms with Crippen molar-refractivity contribution < 1.29 is 14.0 Å². The van der Waals surface area contributed by atoms with Gasteiger partial charge in [-0.3, -0.25) is 9.59 Å². The first-order valence-electron chi connectivity index (χ1n) is 7.05. The van der Waals surface area contributed by atoms with Crippen LogP contribution in [0.15, 0.2) is 24.3 Å². The Morgan fingerprint density at radius 1 is 1.18 bits per heavy atom. The van der Waals surface area contributed by atoms with Crippen molar-refractivity contribution in [3.63, 3.8) is 0 Å². The highest BCUT2D eigenvalue weighted by atomic mass is 35.5. The monoisotopic (exact) mass is 331 g/mol. The lowest BCUT2D eigenvalue weighted by Crippen LogP contribution is -2.30. The van der Waals surface area contributed by atoms with Gasteiger partial charge in [0.2, 0.25) is 5.91 Å². The quantitative estimate of drug-likeness (QED) is 0.633. The van der Waals surface area contributed by atoms with E-state index in [0.717, 1.165) is 6.42 Å². The van der Waals surface area contributed by atoms with E-state index in [2.05, 4.69) is 10.6 Å². The van der Waals surface area contributed by atoms with Crippen LogP contribution in [0, 0.1) is 5.82 Å². The maximum Gasteiger partial charge on any atom is 0.251 e. The van der Waals surface area contributed by atoms with E-state index in [1.54, 1.807) is 0 Å². The third-order valence-electron chi connectivity index (χ3n) is 2.89. The number of rotatable bonds is 8. The number of carbonyl (C=O) groups excluding carboxylic acids is 2. The molecule has 2 amide bonds. The molecule has 0 aliphatic heterocycles. The van der Waals surface area contributed by atoms with Gasteiger partial charge in [0, 0.05) is 31.1 Å². The Balaban J connectivity index is 0.00000441. The lowest BCUT2D eigenvalue weighted by Gasteiger charge is -2.08. The topological polar surface area (TPSA) is 84.2 Å². The molecule has 0 bridgehead atoms. The summed E-state index contributed by atoms with van der Waals surface area (Å²) in [7, 11) is 0. The molecule has 1 rings (SSSR count). The minimum Gasteiger partial charge on any atom is -0.356 e. The van der Waals surface area contributed by atoms with E-state index in [1.807, 2.05) is 6.92 Å². The first kappa shape index (κ1) is 20.3. The van der Waals surface area contributed by atoms with Crippen LogP contribution < -0.4 is 16.4 Å². The van der Waals surface area contributed by atoms with Gasteiger partial charge in [0.25, 0.3) is 5.91 Å². The molecule has 0 fully saturated rings. The van der Waals surface area contributed by atoms with Crippen LogP contribution in [-0.4, -0.2) is 30.9 Å². The number of nitrogens with one attached hydrogen (secondary N) is 2. The summed E-state index contributed by atoms with van der Waals surface area (Å²) in [5, 5.41) is 5.45. The van der Waals surface area contributed by atoms with E-state index < -0.39 is 0 Å². The van der Waals surface area contributed by atoms with Crippen molar-refractivity contribution in [3.05, 3.63) is 35.6 Å². The molecule has 4 N–H and O–H groups in total. The van der Waals surface area contributed by atoms with Crippen LogP contribution in [0.5, 0.6) is 0 Å². The van der Waals surface area contributed by atoms with E-state index in [4.69, 9.17) is 5.73 Å². The SMILES string of the molecule is CC(N)CCNC(=O)CCCNC(=O)c1ccc(F)cc1.Cl. The van der Waals surface area contributed by atoms with Crippen LogP contribution in [0.2, 0.25) is 0 Å². The summed E-state index contributed by atoms with van der Waals surface area (Å²) in [5.41, 5.74) is 5.98. The molecular weight excluding hydrogens is 309 g/mol. The van der Waals surface area contributed by atoms with Crippen molar-refractivity contribution in [3.8, 4) is 0 Å². The molecule has 5 nitrogen and oxygen atoms in total. The van der Waals surface area contributed by atoms with Crippen LogP contribution in [-0.2, 0) is 4.79 Å². The molecular formula is C15H23ClFN3O2. The summed E-state index contributed by atoms with van der Waals surface area (Å²) in [6.07, 6.45) is 1.65. The Kier molecular flexibility index (Phi) is 10.2. The molecule has 0 radical (unpaired) electrons. The van der Waals surface area contributed by atoms with Crippen LogP contribution in [0.1, 0.15) is 36.5 Å². The fourth-order valence-corrected chi connectivity index (χ4v) is 1.68. The van der Waals surface area contributed by atoms with Gasteiger partial charge in [0.15, 0.2) is 0 Å². The van der Waals surface area contributed by atoms with Gasteiger partial charge < -0.3 is 16.4 Å². The summed E-state index contributed by atoms with van der Waals surface area (Å²) in [6, 6.07) is 5.39. The largest absolute Gasteiger partial charge is 0.356 e. The molecule has 0 aliphatic rings. The summed E-state index contributed by atoms with van der Waals surface area (Å²) in [4.78, 5) is 23.2.